The fourth-order valence-corrected chi connectivity index (χ4v) is 1.70. The fraction of sp³-hybridized carbons (Fsp3) is 0.385. The number of rotatable bonds is 7. The number of carbonyl (C=O) groups is 2. The van der Waals surface area contributed by atoms with Crippen molar-refractivity contribution in [2.45, 2.75) is 0 Å². The minimum Gasteiger partial charge on any atom is -0.497 e. The average molecular weight is 317 g/mol. The Hall–Kier alpha value is -1.99. The molecule has 2 N–H and O–H groups in total. The van der Waals surface area contributed by atoms with Crippen LogP contribution in [0.3, 0.4) is 0 Å². The van der Waals surface area contributed by atoms with Gasteiger partial charge in [0.2, 0.25) is 0 Å². The number of hydrogen-bond donors (Lipinski definition) is 2. The Morgan fingerprint density at radius 3 is 2.67 bits per heavy atom. The van der Waals surface area contributed by atoms with Crippen LogP contribution in [0.2, 0.25) is 5.02 Å². The molecule has 0 bridgehead atoms. The number of carboxylic acid groups (broad SMARTS) is 1. The van der Waals surface area contributed by atoms with Crippen LogP contribution in [-0.4, -0.2) is 55.9 Å². The van der Waals surface area contributed by atoms with Crippen molar-refractivity contribution in [3.05, 3.63) is 23.2 Å². The van der Waals surface area contributed by atoms with E-state index in [1.54, 1.807) is 18.2 Å². The minimum absolute atomic E-state index is 0.149. The lowest BCUT2D eigenvalue weighted by Crippen LogP contribution is -2.40. The highest BCUT2D eigenvalue weighted by Crippen LogP contribution is 2.26. The number of nitrogens with one attached hydrogen (secondary N) is 1. The third-order valence-corrected chi connectivity index (χ3v) is 2.92. The molecule has 21 heavy (non-hydrogen) atoms. The lowest BCUT2D eigenvalue weighted by atomic mass is 10.3. The number of benzene rings is 1. The van der Waals surface area contributed by atoms with Gasteiger partial charge in [0.1, 0.15) is 12.3 Å². The number of aliphatic carboxylic acids is 1. The number of nitrogens with zero attached hydrogens (tertiary/aromatic N) is 1. The van der Waals surface area contributed by atoms with Gasteiger partial charge in [-0.15, -0.1) is 0 Å². The Morgan fingerprint density at radius 2 is 2.10 bits per heavy atom. The number of urea groups is 1. The maximum Gasteiger partial charge on any atom is 0.323 e. The summed E-state index contributed by atoms with van der Waals surface area (Å²) in [5, 5.41) is 11.7. The Kier molecular flexibility index (Phi) is 6.77. The van der Waals surface area contributed by atoms with Crippen molar-refractivity contribution >= 4 is 29.3 Å². The van der Waals surface area contributed by atoms with Crippen LogP contribution in [0, 0.1) is 0 Å². The first kappa shape index (κ1) is 17.1. The van der Waals surface area contributed by atoms with Crippen LogP contribution in [0.15, 0.2) is 18.2 Å². The summed E-state index contributed by atoms with van der Waals surface area (Å²) in [5.41, 5.74) is 0.342. The van der Waals surface area contributed by atoms with Crippen molar-refractivity contribution in [1.82, 2.24) is 4.90 Å². The lowest BCUT2D eigenvalue weighted by molar-refractivity contribution is -0.137. The van der Waals surface area contributed by atoms with Crippen LogP contribution in [-0.2, 0) is 9.53 Å². The summed E-state index contributed by atoms with van der Waals surface area (Å²) >= 11 is 5.98. The molecule has 0 aromatic heterocycles. The van der Waals surface area contributed by atoms with Gasteiger partial charge in [-0.2, -0.15) is 0 Å². The predicted octanol–water partition coefficient (Wildman–Crippen LogP) is 1.91. The molecule has 1 aromatic rings. The monoisotopic (exact) mass is 316 g/mol. The van der Waals surface area contributed by atoms with Gasteiger partial charge in [-0.1, -0.05) is 11.6 Å². The van der Waals surface area contributed by atoms with E-state index in [0.29, 0.717) is 16.5 Å². The zero-order valence-corrected chi connectivity index (χ0v) is 12.5. The maximum absolute atomic E-state index is 12.1. The van der Waals surface area contributed by atoms with Gasteiger partial charge in [0.15, 0.2) is 0 Å². The molecule has 1 rings (SSSR count). The summed E-state index contributed by atoms with van der Waals surface area (Å²) < 4.78 is 9.90. The van der Waals surface area contributed by atoms with E-state index in [-0.39, 0.29) is 13.2 Å². The first-order chi connectivity index (χ1) is 9.97. The summed E-state index contributed by atoms with van der Waals surface area (Å²) in [6, 6.07) is 4.20. The Balaban J connectivity index is 2.82. The lowest BCUT2D eigenvalue weighted by Gasteiger charge is -2.21. The van der Waals surface area contributed by atoms with Gasteiger partial charge < -0.3 is 24.8 Å². The van der Waals surface area contributed by atoms with Gasteiger partial charge in [-0.3, -0.25) is 4.79 Å². The smallest absolute Gasteiger partial charge is 0.323 e. The third-order valence-electron chi connectivity index (χ3n) is 2.59. The molecular weight excluding hydrogens is 300 g/mol. The van der Waals surface area contributed by atoms with Crippen molar-refractivity contribution in [3.63, 3.8) is 0 Å². The molecule has 0 atom stereocenters. The highest BCUT2D eigenvalue weighted by molar-refractivity contribution is 6.33. The molecule has 0 fully saturated rings. The number of anilines is 1. The summed E-state index contributed by atoms with van der Waals surface area (Å²) in [4.78, 5) is 24.0. The standard InChI is InChI=1S/C13H17ClN2O5/c1-20-6-5-16(8-12(17)18)13(19)15-11-7-9(21-2)3-4-10(11)14/h3-4,7H,5-6,8H2,1-2H3,(H,15,19)(H,17,18). The Morgan fingerprint density at radius 1 is 1.38 bits per heavy atom. The summed E-state index contributed by atoms with van der Waals surface area (Å²) in [5.74, 6) is -0.589. The number of amides is 2. The highest BCUT2D eigenvalue weighted by Gasteiger charge is 2.17. The van der Waals surface area contributed by atoms with Crippen molar-refractivity contribution < 1.29 is 24.2 Å². The second-order valence-electron chi connectivity index (χ2n) is 4.08. The topological polar surface area (TPSA) is 88.1 Å². The van der Waals surface area contributed by atoms with Crippen LogP contribution in [0.4, 0.5) is 10.5 Å². The molecule has 2 amide bonds. The van der Waals surface area contributed by atoms with E-state index in [4.69, 9.17) is 26.2 Å². The van der Waals surface area contributed by atoms with E-state index in [0.717, 1.165) is 4.90 Å². The van der Waals surface area contributed by atoms with Crippen LogP contribution in [0.5, 0.6) is 5.75 Å². The summed E-state index contributed by atoms with van der Waals surface area (Å²) in [6.45, 7) is -0.0560. The van der Waals surface area contributed by atoms with Crippen molar-refractivity contribution in [1.29, 1.82) is 0 Å². The van der Waals surface area contributed by atoms with Gasteiger partial charge in [0.25, 0.3) is 0 Å². The normalized spacial score (nSPS) is 10.0. The van der Waals surface area contributed by atoms with E-state index < -0.39 is 18.5 Å². The second-order valence-corrected chi connectivity index (χ2v) is 4.49. The van der Waals surface area contributed by atoms with E-state index in [9.17, 15) is 9.59 Å². The molecule has 0 heterocycles. The van der Waals surface area contributed by atoms with Crippen LogP contribution in [0.25, 0.3) is 0 Å². The van der Waals surface area contributed by atoms with Crippen molar-refractivity contribution in [3.8, 4) is 5.75 Å². The summed E-state index contributed by atoms with van der Waals surface area (Å²) in [7, 11) is 2.96. The van der Waals surface area contributed by atoms with Gasteiger partial charge in [0.05, 0.1) is 24.4 Å². The molecule has 0 unspecified atom stereocenters. The van der Waals surface area contributed by atoms with E-state index in [1.807, 2.05) is 0 Å². The molecule has 0 saturated carbocycles. The van der Waals surface area contributed by atoms with Gasteiger partial charge >= 0.3 is 12.0 Å². The van der Waals surface area contributed by atoms with Crippen molar-refractivity contribution in [2.75, 3.05) is 39.2 Å². The molecule has 116 valence electrons. The van der Waals surface area contributed by atoms with E-state index >= 15 is 0 Å². The molecule has 0 saturated heterocycles. The molecule has 0 aliphatic rings. The quantitative estimate of drug-likeness (QED) is 0.802. The molecule has 0 aliphatic carbocycles. The largest absolute Gasteiger partial charge is 0.497 e. The first-order valence-corrected chi connectivity index (χ1v) is 6.46. The minimum atomic E-state index is -1.11. The summed E-state index contributed by atoms with van der Waals surface area (Å²) in [6.07, 6.45) is 0. The van der Waals surface area contributed by atoms with Crippen LogP contribution < -0.4 is 10.1 Å². The zero-order chi connectivity index (χ0) is 15.8. The van der Waals surface area contributed by atoms with Crippen LogP contribution in [0.1, 0.15) is 0 Å². The van der Waals surface area contributed by atoms with Gasteiger partial charge in [-0.25, -0.2) is 4.79 Å². The van der Waals surface area contributed by atoms with E-state index in [1.165, 1.54) is 14.2 Å². The first-order valence-electron chi connectivity index (χ1n) is 6.08. The second kappa shape index (κ2) is 8.33. The van der Waals surface area contributed by atoms with E-state index in [2.05, 4.69) is 5.32 Å². The Bertz CT molecular complexity index is 509. The van der Waals surface area contributed by atoms with Gasteiger partial charge in [-0.05, 0) is 12.1 Å². The number of carbonyl (C=O) groups excluding carboxylic acids is 1. The molecule has 0 radical (unpaired) electrons. The predicted molar refractivity (Wildman–Crippen MR) is 78.1 cm³/mol. The van der Waals surface area contributed by atoms with Crippen molar-refractivity contribution in [2.24, 2.45) is 0 Å². The Labute approximate surface area is 127 Å². The number of methoxy groups -OCH3 is 2. The SMILES string of the molecule is COCCN(CC(=O)O)C(=O)Nc1cc(OC)ccc1Cl. The zero-order valence-electron chi connectivity index (χ0n) is 11.8. The fourth-order valence-electron chi connectivity index (χ4n) is 1.54. The molecule has 0 aliphatic heterocycles. The number of carboxylic acids is 1. The maximum atomic E-state index is 12.1. The highest BCUT2D eigenvalue weighted by atomic mass is 35.5. The third kappa shape index (κ3) is 5.49. The average Bonchev–Trinajstić information content (AvgIpc) is 2.45. The van der Waals surface area contributed by atoms with Gasteiger partial charge in [0, 0.05) is 19.7 Å². The molecular formula is C13H17ClN2O5. The molecule has 7 nitrogen and oxygen atoms in total. The number of halogens is 1. The van der Waals surface area contributed by atoms with Crippen LogP contribution >= 0.6 is 11.6 Å². The molecule has 8 heteroatoms. The molecule has 1 aromatic carbocycles. The number of ether oxygens (including phenoxy) is 2. The number of hydrogen-bond acceptors (Lipinski definition) is 4. The molecule has 0 spiro atoms.